The number of nitrogens with one attached hydrogen (secondary N) is 1. The summed E-state index contributed by atoms with van der Waals surface area (Å²) in [5.41, 5.74) is 3.29. The fourth-order valence-corrected chi connectivity index (χ4v) is 3.89. The van der Waals surface area contributed by atoms with Gasteiger partial charge < -0.3 is 18.9 Å². The Hall–Kier alpha value is -3.74. The average Bonchev–Trinajstić information content (AvgIpc) is 3.46. The molecule has 164 valence electrons. The number of carbonyl (C=O) groups excluding carboxylic acids is 1. The maximum atomic E-state index is 12.7. The number of anilines is 1. The fourth-order valence-electron chi connectivity index (χ4n) is 3.37. The molecule has 6 nitrogen and oxygen atoms in total. The Morgan fingerprint density at radius 2 is 1.64 bits per heavy atom. The van der Waals surface area contributed by atoms with Crippen LogP contribution in [0, 0.1) is 0 Å². The number of nitrogens with zero attached hydrogens (tertiary/aromatic N) is 1. The molecule has 5 aromatic rings. The van der Waals surface area contributed by atoms with Gasteiger partial charge in [-0.05, 0) is 72.8 Å². The number of hydrogen-bond acceptors (Lipinski definition) is 5. The van der Waals surface area contributed by atoms with Crippen molar-refractivity contribution in [2.75, 3.05) is 12.4 Å². The van der Waals surface area contributed by atoms with Gasteiger partial charge in [0.05, 0.1) is 7.11 Å². The molecule has 0 saturated heterocycles. The van der Waals surface area contributed by atoms with Gasteiger partial charge in [-0.25, -0.2) is 4.98 Å². The Morgan fingerprint density at radius 1 is 0.879 bits per heavy atom. The zero-order valence-electron chi connectivity index (χ0n) is 17.3. The number of carbonyl (C=O) groups is 1. The SMILES string of the molecule is COc1ccc(-c2nc3cc(NC(=O)c4ccc(-c5cc(Cl)cc(Cl)c5)o4)ccc3o2)cc1. The van der Waals surface area contributed by atoms with Gasteiger partial charge in [-0.15, -0.1) is 0 Å². The number of hydrogen-bond donors (Lipinski definition) is 1. The molecule has 2 aromatic heterocycles. The molecular formula is C25H16Cl2N2O4. The summed E-state index contributed by atoms with van der Waals surface area (Å²) in [6.45, 7) is 0. The van der Waals surface area contributed by atoms with Crippen LogP contribution in [0.1, 0.15) is 10.6 Å². The summed E-state index contributed by atoms with van der Waals surface area (Å²) < 4.78 is 16.7. The standard InChI is InChI=1S/C25H16Cl2N2O4/c1-31-19-5-2-14(3-6-19)25-29-20-13-18(4-7-22(20)33-25)28-24(30)23-9-8-21(32-23)15-10-16(26)12-17(27)11-15/h2-13H,1H3,(H,28,30). The van der Waals surface area contributed by atoms with Crippen LogP contribution in [0.3, 0.4) is 0 Å². The summed E-state index contributed by atoms with van der Waals surface area (Å²) >= 11 is 12.1. The van der Waals surface area contributed by atoms with Crippen LogP contribution in [-0.2, 0) is 0 Å². The number of furan rings is 1. The number of aromatic nitrogens is 1. The molecule has 3 aromatic carbocycles. The van der Waals surface area contributed by atoms with Gasteiger partial charge in [0.25, 0.3) is 5.91 Å². The van der Waals surface area contributed by atoms with E-state index in [-0.39, 0.29) is 5.76 Å². The summed E-state index contributed by atoms with van der Waals surface area (Å²) in [7, 11) is 1.61. The average molecular weight is 479 g/mol. The summed E-state index contributed by atoms with van der Waals surface area (Å²) in [6, 6.07) is 21.0. The second-order valence-corrected chi connectivity index (χ2v) is 8.08. The summed E-state index contributed by atoms with van der Waals surface area (Å²) in [4.78, 5) is 17.2. The number of oxazole rings is 1. The Labute approximate surface area is 198 Å². The fraction of sp³-hybridized carbons (Fsp3) is 0.0400. The molecule has 8 heteroatoms. The van der Waals surface area contributed by atoms with Crippen LogP contribution < -0.4 is 10.1 Å². The lowest BCUT2D eigenvalue weighted by Gasteiger charge is -2.03. The van der Waals surface area contributed by atoms with Crippen LogP contribution in [0.25, 0.3) is 33.9 Å². The number of fused-ring (bicyclic) bond motifs is 1. The first kappa shape index (κ1) is 21.1. The molecule has 33 heavy (non-hydrogen) atoms. The third kappa shape index (κ3) is 4.44. The molecule has 1 amide bonds. The van der Waals surface area contributed by atoms with Crippen LogP contribution in [0.4, 0.5) is 5.69 Å². The Morgan fingerprint density at radius 3 is 2.36 bits per heavy atom. The minimum absolute atomic E-state index is 0.153. The highest BCUT2D eigenvalue weighted by atomic mass is 35.5. The monoisotopic (exact) mass is 478 g/mol. The van der Waals surface area contributed by atoms with Gasteiger partial charge in [-0.1, -0.05) is 23.2 Å². The van der Waals surface area contributed by atoms with Crippen molar-refractivity contribution in [2.24, 2.45) is 0 Å². The van der Waals surface area contributed by atoms with Crippen LogP contribution in [-0.4, -0.2) is 18.0 Å². The highest BCUT2D eigenvalue weighted by molar-refractivity contribution is 6.35. The van der Waals surface area contributed by atoms with Gasteiger partial charge >= 0.3 is 0 Å². The van der Waals surface area contributed by atoms with Crippen molar-refractivity contribution in [1.82, 2.24) is 4.98 Å². The number of halogens is 2. The molecule has 5 rings (SSSR count). The first-order valence-corrected chi connectivity index (χ1v) is 10.7. The van der Waals surface area contributed by atoms with E-state index < -0.39 is 5.91 Å². The lowest BCUT2D eigenvalue weighted by Crippen LogP contribution is -2.10. The van der Waals surface area contributed by atoms with Crippen molar-refractivity contribution in [2.45, 2.75) is 0 Å². The molecule has 0 aliphatic heterocycles. The molecule has 1 N–H and O–H groups in total. The van der Waals surface area contributed by atoms with Gasteiger partial charge in [0.2, 0.25) is 5.89 Å². The predicted molar refractivity (Wildman–Crippen MR) is 128 cm³/mol. The number of methoxy groups -OCH3 is 1. The number of benzene rings is 3. The van der Waals surface area contributed by atoms with E-state index >= 15 is 0 Å². The van der Waals surface area contributed by atoms with Gasteiger partial charge in [0.1, 0.15) is 17.0 Å². The van der Waals surface area contributed by atoms with Gasteiger partial charge in [-0.3, -0.25) is 4.79 Å². The number of rotatable bonds is 5. The normalized spacial score (nSPS) is 11.0. The Bertz CT molecular complexity index is 1450. The van der Waals surface area contributed by atoms with Crippen LogP contribution in [0.5, 0.6) is 5.75 Å². The molecule has 0 unspecified atom stereocenters. The van der Waals surface area contributed by atoms with E-state index in [1.54, 1.807) is 55.6 Å². The molecule has 0 atom stereocenters. The molecule has 2 heterocycles. The second kappa shape index (κ2) is 8.65. The number of amides is 1. The molecule has 0 radical (unpaired) electrons. The van der Waals surface area contributed by atoms with Crippen LogP contribution in [0.15, 0.2) is 81.6 Å². The van der Waals surface area contributed by atoms with Crippen molar-refractivity contribution in [3.63, 3.8) is 0 Å². The zero-order chi connectivity index (χ0) is 22.9. The van der Waals surface area contributed by atoms with E-state index in [9.17, 15) is 4.79 Å². The summed E-state index contributed by atoms with van der Waals surface area (Å²) in [6.07, 6.45) is 0. The highest BCUT2D eigenvalue weighted by Gasteiger charge is 2.15. The third-order valence-corrected chi connectivity index (χ3v) is 5.40. The number of ether oxygens (including phenoxy) is 1. The molecule has 0 aliphatic carbocycles. The molecule has 0 spiro atoms. The Balaban J connectivity index is 1.35. The lowest BCUT2D eigenvalue weighted by molar-refractivity contribution is 0.0997. The van der Waals surface area contributed by atoms with Gasteiger partial charge in [0.15, 0.2) is 11.3 Å². The minimum Gasteiger partial charge on any atom is -0.497 e. The van der Waals surface area contributed by atoms with Crippen LogP contribution >= 0.6 is 23.2 Å². The van der Waals surface area contributed by atoms with Crippen LogP contribution in [0.2, 0.25) is 10.0 Å². The third-order valence-electron chi connectivity index (χ3n) is 4.96. The van der Waals surface area contributed by atoms with Crippen molar-refractivity contribution >= 4 is 45.9 Å². The predicted octanol–water partition coefficient (Wildman–Crippen LogP) is 7.32. The Kier molecular flexibility index (Phi) is 5.54. The quantitative estimate of drug-likeness (QED) is 0.286. The zero-order valence-corrected chi connectivity index (χ0v) is 18.8. The van der Waals surface area contributed by atoms with Crippen molar-refractivity contribution in [3.8, 4) is 28.5 Å². The minimum atomic E-state index is -0.396. The highest BCUT2D eigenvalue weighted by Crippen LogP contribution is 2.30. The first-order valence-electron chi connectivity index (χ1n) is 9.91. The van der Waals surface area contributed by atoms with E-state index in [0.29, 0.717) is 44.0 Å². The molecule has 0 bridgehead atoms. The van der Waals surface area contributed by atoms with Gasteiger partial charge in [-0.2, -0.15) is 0 Å². The second-order valence-electron chi connectivity index (χ2n) is 7.21. The largest absolute Gasteiger partial charge is 0.497 e. The van der Waals surface area contributed by atoms with E-state index in [4.69, 9.17) is 36.8 Å². The van der Waals surface area contributed by atoms with Crippen molar-refractivity contribution in [3.05, 3.63) is 88.6 Å². The van der Waals surface area contributed by atoms with E-state index in [1.165, 1.54) is 0 Å². The summed E-state index contributed by atoms with van der Waals surface area (Å²) in [5.74, 6) is 1.47. The van der Waals surface area contributed by atoms with Crippen molar-refractivity contribution < 1.29 is 18.4 Å². The molecule has 0 saturated carbocycles. The maximum absolute atomic E-state index is 12.7. The van der Waals surface area contributed by atoms with E-state index in [2.05, 4.69) is 10.3 Å². The van der Waals surface area contributed by atoms with E-state index in [0.717, 1.165) is 11.3 Å². The molecular weight excluding hydrogens is 463 g/mol. The summed E-state index contributed by atoms with van der Waals surface area (Å²) in [5, 5.41) is 3.78. The smallest absolute Gasteiger partial charge is 0.291 e. The molecule has 0 aliphatic rings. The lowest BCUT2D eigenvalue weighted by atomic mass is 10.2. The maximum Gasteiger partial charge on any atom is 0.291 e. The topological polar surface area (TPSA) is 77.5 Å². The van der Waals surface area contributed by atoms with Gasteiger partial charge in [0, 0.05) is 26.9 Å². The molecule has 0 fully saturated rings. The first-order chi connectivity index (χ1) is 16.0. The van der Waals surface area contributed by atoms with E-state index in [1.807, 2.05) is 24.3 Å². The van der Waals surface area contributed by atoms with Crippen molar-refractivity contribution in [1.29, 1.82) is 0 Å².